The number of aryl methyl sites for hydroxylation is 1. The van der Waals surface area contributed by atoms with Crippen molar-refractivity contribution >= 4 is 59.6 Å². The fourth-order valence-electron chi connectivity index (χ4n) is 2.50. The van der Waals surface area contributed by atoms with Crippen LogP contribution in [0.5, 0.6) is 0 Å². The van der Waals surface area contributed by atoms with Crippen molar-refractivity contribution < 1.29 is 9.90 Å². The lowest BCUT2D eigenvalue weighted by Gasteiger charge is -2.05. The van der Waals surface area contributed by atoms with Gasteiger partial charge in [-0.05, 0) is 36.4 Å². The number of aliphatic carboxylic acids is 1. The van der Waals surface area contributed by atoms with Crippen LogP contribution in [-0.4, -0.2) is 15.6 Å². The summed E-state index contributed by atoms with van der Waals surface area (Å²) >= 11 is 6.99. The Hall–Kier alpha value is -1.33. The molecule has 0 amide bonds. The van der Waals surface area contributed by atoms with Crippen LogP contribution in [0.2, 0.25) is 0 Å². The summed E-state index contributed by atoms with van der Waals surface area (Å²) in [7, 11) is 0. The van der Waals surface area contributed by atoms with Gasteiger partial charge < -0.3 is 9.67 Å². The van der Waals surface area contributed by atoms with E-state index in [0.717, 1.165) is 30.8 Å². The van der Waals surface area contributed by atoms with Crippen molar-refractivity contribution in [3.63, 3.8) is 0 Å². The molecule has 0 aliphatic heterocycles. The summed E-state index contributed by atoms with van der Waals surface area (Å²) < 4.78 is 4.10. The molecule has 0 aliphatic rings. The van der Waals surface area contributed by atoms with Gasteiger partial charge in [0.15, 0.2) is 0 Å². The van der Waals surface area contributed by atoms with Gasteiger partial charge in [-0.25, -0.2) is 0 Å². The first-order valence-corrected chi connectivity index (χ1v) is 7.73. The topological polar surface area (TPSA) is 42.2 Å². The lowest BCUT2D eigenvalue weighted by molar-refractivity contribution is -0.137. The van der Waals surface area contributed by atoms with Crippen molar-refractivity contribution in [2.45, 2.75) is 13.0 Å². The van der Waals surface area contributed by atoms with E-state index in [0.29, 0.717) is 6.54 Å². The number of halogens is 2. The number of aromatic nitrogens is 1. The van der Waals surface area contributed by atoms with E-state index in [1.54, 1.807) is 0 Å². The molecule has 0 saturated carbocycles. The first-order valence-electron chi connectivity index (χ1n) is 6.15. The molecule has 20 heavy (non-hydrogen) atoms. The molecule has 3 rings (SSSR count). The van der Waals surface area contributed by atoms with Crippen LogP contribution in [0.15, 0.2) is 45.3 Å². The molecule has 3 aromatic rings. The lowest BCUT2D eigenvalue weighted by Crippen LogP contribution is -2.04. The molecule has 1 heterocycles. The quantitative estimate of drug-likeness (QED) is 0.691. The normalized spacial score (nSPS) is 11.3. The number of carboxylic acids is 1. The van der Waals surface area contributed by atoms with Gasteiger partial charge >= 0.3 is 5.97 Å². The Bertz CT molecular complexity index is 764. The van der Waals surface area contributed by atoms with Crippen molar-refractivity contribution in [1.82, 2.24) is 4.57 Å². The Morgan fingerprint density at radius 2 is 1.50 bits per heavy atom. The summed E-state index contributed by atoms with van der Waals surface area (Å²) in [6.07, 6.45) is 0.116. The standard InChI is InChI=1S/C15H11Br2NO2/c16-9-1-3-13-11(7-9)12-8-10(17)2-4-14(12)18(13)6-5-15(19)20/h1-4,7-8H,5-6H2,(H,19,20). The molecule has 0 saturated heterocycles. The van der Waals surface area contributed by atoms with E-state index in [1.165, 1.54) is 0 Å². The molecule has 1 N–H and O–H groups in total. The monoisotopic (exact) mass is 395 g/mol. The highest BCUT2D eigenvalue weighted by atomic mass is 79.9. The molecule has 3 nitrogen and oxygen atoms in total. The number of hydrogen-bond donors (Lipinski definition) is 1. The van der Waals surface area contributed by atoms with E-state index in [-0.39, 0.29) is 6.42 Å². The van der Waals surface area contributed by atoms with Crippen LogP contribution in [-0.2, 0) is 11.3 Å². The second-order valence-corrected chi connectivity index (χ2v) is 6.45. The van der Waals surface area contributed by atoms with Crippen LogP contribution in [0, 0.1) is 0 Å². The van der Waals surface area contributed by atoms with Gasteiger partial charge in [0, 0.05) is 37.3 Å². The highest BCUT2D eigenvalue weighted by Crippen LogP contribution is 2.33. The Morgan fingerprint density at radius 3 is 1.95 bits per heavy atom. The van der Waals surface area contributed by atoms with Gasteiger partial charge in [-0.2, -0.15) is 0 Å². The highest BCUT2D eigenvalue weighted by Gasteiger charge is 2.12. The summed E-state index contributed by atoms with van der Waals surface area (Å²) in [5.41, 5.74) is 2.12. The third kappa shape index (κ3) is 2.36. The Balaban J connectivity index is 2.31. The predicted octanol–water partition coefficient (Wildman–Crippen LogP) is 4.79. The average molecular weight is 397 g/mol. The van der Waals surface area contributed by atoms with E-state index in [4.69, 9.17) is 5.11 Å². The Labute approximate surface area is 132 Å². The van der Waals surface area contributed by atoms with Gasteiger partial charge in [-0.3, -0.25) is 4.79 Å². The van der Waals surface area contributed by atoms with Crippen molar-refractivity contribution in [2.75, 3.05) is 0 Å². The zero-order chi connectivity index (χ0) is 14.3. The van der Waals surface area contributed by atoms with Crippen molar-refractivity contribution in [3.05, 3.63) is 45.3 Å². The highest BCUT2D eigenvalue weighted by molar-refractivity contribution is 9.10. The van der Waals surface area contributed by atoms with E-state index in [9.17, 15) is 4.79 Å². The maximum atomic E-state index is 10.8. The van der Waals surface area contributed by atoms with Crippen LogP contribution in [0.25, 0.3) is 21.8 Å². The summed E-state index contributed by atoms with van der Waals surface area (Å²) in [5.74, 6) is -0.783. The molecule has 1 aromatic heterocycles. The van der Waals surface area contributed by atoms with Crippen LogP contribution in [0.3, 0.4) is 0 Å². The second kappa shape index (κ2) is 5.22. The largest absolute Gasteiger partial charge is 0.481 e. The average Bonchev–Trinajstić information content (AvgIpc) is 2.69. The van der Waals surface area contributed by atoms with Crippen molar-refractivity contribution in [2.24, 2.45) is 0 Å². The first-order chi connectivity index (χ1) is 9.56. The minimum Gasteiger partial charge on any atom is -0.481 e. The lowest BCUT2D eigenvalue weighted by atomic mass is 10.2. The Morgan fingerprint density at radius 1 is 1.00 bits per heavy atom. The minimum absolute atomic E-state index is 0.116. The van der Waals surface area contributed by atoms with Crippen LogP contribution in [0.1, 0.15) is 6.42 Å². The third-order valence-corrected chi connectivity index (χ3v) is 4.32. The molecule has 2 aromatic carbocycles. The van der Waals surface area contributed by atoms with Gasteiger partial charge in [0.05, 0.1) is 6.42 Å². The van der Waals surface area contributed by atoms with Gasteiger partial charge in [-0.15, -0.1) is 0 Å². The molecular weight excluding hydrogens is 386 g/mol. The molecule has 0 aliphatic carbocycles. The summed E-state index contributed by atoms with van der Waals surface area (Å²) in [6.45, 7) is 0.471. The Kier molecular flexibility index (Phi) is 3.56. The van der Waals surface area contributed by atoms with Crippen LogP contribution >= 0.6 is 31.9 Å². The van der Waals surface area contributed by atoms with E-state index in [2.05, 4.69) is 48.6 Å². The summed E-state index contributed by atoms with van der Waals surface area (Å²) in [4.78, 5) is 10.8. The van der Waals surface area contributed by atoms with Gasteiger partial charge in [0.2, 0.25) is 0 Å². The maximum Gasteiger partial charge on any atom is 0.305 e. The molecule has 0 spiro atoms. The molecule has 102 valence electrons. The SMILES string of the molecule is O=C(O)CCn1c2ccc(Br)cc2c2cc(Br)ccc21. The fraction of sp³-hybridized carbons (Fsp3) is 0.133. The minimum atomic E-state index is -0.783. The van der Waals surface area contributed by atoms with Crippen molar-refractivity contribution in [1.29, 1.82) is 0 Å². The van der Waals surface area contributed by atoms with Gasteiger partial charge in [0.25, 0.3) is 0 Å². The van der Waals surface area contributed by atoms with Crippen LogP contribution < -0.4 is 0 Å². The number of nitrogens with zero attached hydrogens (tertiary/aromatic N) is 1. The molecule has 0 radical (unpaired) electrons. The zero-order valence-corrected chi connectivity index (χ0v) is 13.6. The van der Waals surface area contributed by atoms with E-state index < -0.39 is 5.97 Å². The van der Waals surface area contributed by atoms with E-state index >= 15 is 0 Å². The molecule has 0 atom stereocenters. The smallest absolute Gasteiger partial charge is 0.305 e. The second-order valence-electron chi connectivity index (χ2n) is 4.62. The number of rotatable bonds is 3. The molecular formula is C15H11Br2NO2. The summed E-state index contributed by atoms with van der Waals surface area (Å²) in [5, 5.41) is 11.2. The van der Waals surface area contributed by atoms with E-state index in [1.807, 2.05) is 24.3 Å². The van der Waals surface area contributed by atoms with Gasteiger partial charge in [-0.1, -0.05) is 31.9 Å². The number of carbonyl (C=O) groups is 1. The number of carboxylic acid groups (broad SMARTS) is 1. The molecule has 0 unspecified atom stereocenters. The van der Waals surface area contributed by atoms with Crippen molar-refractivity contribution in [3.8, 4) is 0 Å². The molecule has 0 fully saturated rings. The number of hydrogen-bond acceptors (Lipinski definition) is 1. The van der Waals surface area contributed by atoms with Gasteiger partial charge in [0.1, 0.15) is 0 Å². The fourth-order valence-corrected chi connectivity index (χ4v) is 3.22. The molecule has 5 heteroatoms. The predicted molar refractivity (Wildman–Crippen MR) is 87.1 cm³/mol. The molecule has 0 bridgehead atoms. The zero-order valence-electron chi connectivity index (χ0n) is 10.4. The number of benzene rings is 2. The summed E-state index contributed by atoms with van der Waals surface area (Å²) in [6, 6.07) is 12.1. The van der Waals surface area contributed by atoms with Crippen LogP contribution in [0.4, 0.5) is 0 Å². The first kappa shape index (κ1) is 13.6. The number of fused-ring (bicyclic) bond motifs is 3. The maximum absolute atomic E-state index is 10.8. The third-order valence-electron chi connectivity index (χ3n) is 3.34.